The van der Waals surface area contributed by atoms with Gasteiger partial charge in [0.25, 0.3) is 0 Å². The number of amides is 3. The maximum Gasteiger partial charge on any atom is 0.315 e. The van der Waals surface area contributed by atoms with Crippen molar-refractivity contribution in [1.29, 1.82) is 0 Å². The maximum absolute atomic E-state index is 12.3. The van der Waals surface area contributed by atoms with Crippen LogP contribution in [-0.2, 0) is 4.79 Å². The minimum absolute atomic E-state index is 0.0144. The number of hydrogen-bond donors (Lipinski definition) is 2. The first-order valence-corrected chi connectivity index (χ1v) is 10.2. The molecule has 3 amide bonds. The Labute approximate surface area is 142 Å². The average molecular weight is 337 g/mol. The molecule has 0 radical (unpaired) electrons. The van der Waals surface area contributed by atoms with E-state index in [2.05, 4.69) is 15.5 Å². The molecular formula is C17H27N3O2S. The second-order valence-corrected chi connectivity index (χ2v) is 9.06. The van der Waals surface area contributed by atoms with Crippen LogP contribution in [-0.4, -0.2) is 53.0 Å². The number of nitrogens with zero attached hydrogens (tertiary/aromatic N) is 1. The Bertz CT molecular complexity index is 494. The molecule has 3 saturated heterocycles. The Morgan fingerprint density at radius 3 is 2.87 bits per heavy atom. The molecule has 1 saturated carbocycles. The molecule has 3 heterocycles. The molecule has 0 aromatic carbocycles. The van der Waals surface area contributed by atoms with Crippen molar-refractivity contribution in [3.05, 3.63) is 0 Å². The van der Waals surface area contributed by atoms with Gasteiger partial charge in [-0.2, -0.15) is 11.8 Å². The van der Waals surface area contributed by atoms with E-state index >= 15 is 0 Å². The predicted octanol–water partition coefficient (Wildman–Crippen LogP) is 2.11. The molecule has 4 fully saturated rings. The van der Waals surface area contributed by atoms with Gasteiger partial charge in [0.2, 0.25) is 5.91 Å². The minimum Gasteiger partial charge on any atom is -0.342 e. The lowest BCUT2D eigenvalue weighted by molar-refractivity contribution is -0.131. The second kappa shape index (κ2) is 6.19. The first kappa shape index (κ1) is 15.6. The fourth-order valence-corrected chi connectivity index (χ4v) is 6.20. The summed E-state index contributed by atoms with van der Waals surface area (Å²) in [5, 5.41) is 6.53. The zero-order chi connectivity index (χ0) is 15.9. The molecule has 23 heavy (non-hydrogen) atoms. The summed E-state index contributed by atoms with van der Waals surface area (Å²) in [5.41, 5.74) is 0.513. The molecular weight excluding hydrogens is 310 g/mol. The fraction of sp³-hybridized carbons (Fsp3) is 0.882. The third-order valence-corrected chi connectivity index (χ3v) is 7.78. The van der Waals surface area contributed by atoms with Crippen molar-refractivity contribution in [2.75, 3.05) is 18.8 Å². The number of likely N-dealkylation sites (tertiary alicyclic amines) is 1. The first-order valence-electron chi connectivity index (χ1n) is 9.12. The third-order valence-electron chi connectivity index (χ3n) is 6.27. The van der Waals surface area contributed by atoms with Gasteiger partial charge >= 0.3 is 6.03 Å². The summed E-state index contributed by atoms with van der Waals surface area (Å²) < 4.78 is 0. The van der Waals surface area contributed by atoms with Crippen molar-refractivity contribution in [3.8, 4) is 0 Å². The Kier molecular flexibility index (Phi) is 4.20. The number of fused-ring (bicyclic) bond motifs is 1. The van der Waals surface area contributed by atoms with Crippen molar-refractivity contribution in [2.45, 2.75) is 68.7 Å². The van der Waals surface area contributed by atoms with Crippen LogP contribution in [0.5, 0.6) is 0 Å². The summed E-state index contributed by atoms with van der Waals surface area (Å²) in [7, 11) is 0. The van der Waals surface area contributed by atoms with E-state index in [1.807, 2.05) is 11.8 Å². The SMILES string of the molecule is O=C1N[C@H]2[C@H](CCCCC(=O)N3CCC4(CCC4)C3)SC[C@H]2N1. The van der Waals surface area contributed by atoms with E-state index in [1.54, 1.807) is 0 Å². The highest BCUT2D eigenvalue weighted by Crippen LogP contribution is 2.48. The van der Waals surface area contributed by atoms with E-state index in [0.717, 1.165) is 38.1 Å². The summed E-state index contributed by atoms with van der Waals surface area (Å²) in [6.07, 6.45) is 9.12. The van der Waals surface area contributed by atoms with E-state index in [0.29, 0.717) is 35.1 Å². The normalized spacial score (nSPS) is 34.2. The maximum atomic E-state index is 12.3. The van der Waals surface area contributed by atoms with Crippen LogP contribution >= 0.6 is 11.8 Å². The number of thioether (sulfide) groups is 1. The van der Waals surface area contributed by atoms with Gasteiger partial charge in [-0.05, 0) is 37.5 Å². The monoisotopic (exact) mass is 337 g/mol. The lowest BCUT2D eigenvalue weighted by atomic mass is 9.68. The van der Waals surface area contributed by atoms with Crippen molar-refractivity contribution < 1.29 is 9.59 Å². The molecule has 4 rings (SSSR count). The zero-order valence-electron chi connectivity index (χ0n) is 13.7. The molecule has 128 valence electrons. The fourth-order valence-electron chi connectivity index (χ4n) is 4.66. The van der Waals surface area contributed by atoms with Gasteiger partial charge in [-0.1, -0.05) is 12.8 Å². The van der Waals surface area contributed by atoms with Crippen LogP contribution in [0.1, 0.15) is 51.4 Å². The Hall–Kier alpha value is -0.910. The van der Waals surface area contributed by atoms with Gasteiger partial charge in [-0.15, -0.1) is 0 Å². The van der Waals surface area contributed by atoms with Crippen LogP contribution < -0.4 is 10.6 Å². The molecule has 4 aliphatic rings. The largest absolute Gasteiger partial charge is 0.342 e. The zero-order valence-corrected chi connectivity index (χ0v) is 14.5. The molecule has 6 heteroatoms. The summed E-state index contributed by atoms with van der Waals surface area (Å²) in [6, 6.07) is 0.585. The van der Waals surface area contributed by atoms with E-state index < -0.39 is 0 Å². The van der Waals surface area contributed by atoms with Crippen LogP contribution in [0.4, 0.5) is 4.79 Å². The summed E-state index contributed by atoms with van der Waals surface area (Å²) >= 11 is 1.96. The van der Waals surface area contributed by atoms with Gasteiger partial charge in [0.05, 0.1) is 12.1 Å². The van der Waals surface area contributed by atoms with E-state index in [4.69, 9.17) is 0 Å². The molecule has 0 aromatic rings. The molecule has 1 spiro atoms. The quantitative estimate of drug-likeness (QED) is 0.597. The molecule has 0 aromatic heterocycles. The number of carbonyl (C=O) groups is 2. The number of carbonyl (C=O) groups excluding carboxylic acids is 2. The topological polar surface area (TPSA) is 61.4 Å². The Morgan fingerprint density at radius 2 is 2.13 bits per heavy atom. The minimum atomic E-state index is -0.0144. The number of unbranched alkanes of at least 4 members (excludes halogenated alkanes) is 1. The first-order chi connectivity index (χ1) is 11.2. The summed E-state index contributed by atoms with van der Waals surface area (Å²) in [4.78, 5) is 25.8. The Balaban J connectivity index is 1.15. The Morgan fingerprint density at radius 1 is 1.26 bits per heavy atom. The van der Waals surface area contributed by atoms with Crippen LogP contribution in [0, 0.1) is 5.41 Å². The van der Waals surface area contributed by atoms with E-state index in [-0.39, 0.29) is 6.03 Å². The van der Waals surface area contributed by atoms with Gasteiger partial charge in [-0.3, -0.25) is 4.79 Å². The summed E-state index contributed by atoms with van der Waals surface area (Å²) in [5.74, 6) is 1.38. The van der Waals surface area contributed by atoms with Crippen molar-refractivity contribution in [2.24, 2.45) is 5.41 Å². The number of rotatable bonds is 5. The smallest absolute Gasteiger partial charge is 0.315 e. The van der Waals surface area contributed by atoms with Crippen LogP contribution in [0.15, 0.2) is 0 Å². The van der Waals surface area contributed by atoms with Gasteiger partial charge < -0.3 is 15.5 Å². The molecule has 0 bridgehead atoms. The van der Waals surface area contributed by atoms with Gasteiger partial charge in [-0.25, -0.2) is 4.79 Å². The molecule has 5 nitrogen and oxygen atoms in total. The molecule has 1 aliphatic carbocycles. The average Bonchev–Trinajstić information content (AvgIpc) is 3.17. The van der Waals surface area contributed by atoms with Crippen molar-refractivity contribution in [3.63, 3.8) is 0 Å². The lowest BCUT2D eigenvalue weighted by Gasteiger charge is -2.38. The van der Waals surface area contributed by atoms with Crippen LogP contribution in [0.25, 0.3) is 0 Å². The highest BCUT2D eigenvalue weighted by molar-refractivity contribution is 8.00. The molecule has 3 aliphatic heterocycles. The van der Waals surface area contributed by atoms with Gasteiger partial charge in [0.15, 0.2) is 0 Å². The lowest BCUT2D eigenvalue weighted by Crippen LogP contribution is -2.37. The third kappa shape index (κ3) is 3.06. The van der Waals surface area contributed by atoms with Crippen LogP contribution in [0.2, 0.25) is 0 Å². The molecule has 3 atom stereocenters. The standard InChI is InChI=1S/C17H27N3O2S/c21-14(20-9-8-17(11-20)6-3-7-17)5-2-1-4-13-15-12(10-23-13)18-16(22)19-15/h12-13,15H,1-11H2,(H2,18,19,22)/t12-,13+,15-/m1/s1. The molecule has 0 unspecified atom stereocenters. The predicted molar refractivity (Wildman–Crippen MR) is 91.4 cm³/mol. The van der Waals surface area contributed by atoms with Gasteiger partial charge in [0, 0.05) is 30.5 Å². The van der Waals surface area contributed by atoms with Gasteiger partial charge in [0.1, 0.15) is 0 Å². The van der Waals surface area contributed by atoms with E-state index in [9.17, 15) is 9.59 Å². The highest BCUT2D eigenvalue weighted by atomic mass is 32.2. The second-order valence-electron chi connectivity index (χ2n) is 7.79. The number of nitrogens with one attached hydrogen (secondary N) is 2. The highest BCUT2D eigenvalue weighted by Gasteiger charge is 2.44. The van der Waals surface area contributed by atoms with E-state index in [1.165, 1.54) is 25.7 Å². The summed E-state index contributed by atoms with van der Waals surface area (Å²) in [6.45, 7) is 2.00. The molecule has 2 N–H and O–H groups in total. The van der Waals surface area contributed by atoms with Crippen molar-refractivity contribution in [1.82, 2.24) is 15.5 Å². The number of urea groups is 1. The van der Waals surface area contributed by atoms with Crippen LogP contribution in [0.3, 0.4) is 0 Å². The van der Waals surface area contributed by atoms with Crippen molar-refractivity contribution >= 4 is 23.7 Å². The number of hydrogen-bond acceptors (Lipinski definition) is 3.